The SMILES string of the molecule is COc1cccc(CNc2cccc(S(N)(=O)=O)c2)n1. The zero-order valence-electron chi connectivity index (χ0n) is 10.9. The fourth-order valence-electron chi connectivity index (χ4n) is 1.65. The molecule has 0 unspecified atom stereocenters. The molecule has 0 saturated heterocycles. The second kappa shape index (κ2) is 5.89. The molecule has 0 aliphatic rings. The Hall–Kier alpha value is -2.12. The van der Waals surface area contributed by atoms with Crippen LogP contribution in [0.5, 0.6) is 5.88 Å². The van der Waals surface area contributed by atoms with Gasteiger partial charge in [-0.2, -0.15) is 0 Å². The third kappa shape index (κ3) is 3.69. The molecule has 0 fully saturated rings. The topological polar surface area (TPSA) is 94.3 Å². The molecule has 3 N–H and O–H groups in total. The highest BCUT2D eigenvalue weighted by Crippen LogP contribution is 2.15. The lowest BCUT2D eigenvalue weighted by Gasteiger charge is -2.08. The largest absolute Gasteiger partial charge is 0.481 e. The maximum atomic E-state index is 11.3. The van der Waals surface area contributed by atoms with Gasteiger partial charge in [-0.25, -0.2) is 18.5 Å². The van der Waals surface area contributed by atoms with Crippen LogP contribution in [0.1, 0.15) is 5.69 Å². The Bertz CT molecular complexity index is 702. The van der Waals surface area contributed by atoms with E-state index in [-0.39, 0.29) is 4.90 Å². The maximum Gasteiger partial charge on any atom is 0.238 e. The van der Waals surface area contributed by atoms with Gasteiger partial charge in [0.1, 0.15) is 0 Å². The smallest absolute Gasteiger partial charge is 0.238 e. The molecule has 0 amide bonds. The monoisotopic (exact) mass is 293 g/mol. The normalized spacial score (nSPS) is 11.1. The number of nitrogens with two attached hydrogens (primary N) is 1. The number of aromatic nitrogens is 1. The third-order valence-electron chi connectivity index (χ3n) is 2.63. The summed E-state index contributed by atoms with van der Waals surface area (Å²) in [6, 6.07) is 11.8. The number of methoxy groups -OCH3 is 1. The summed E-state index contributed by atoms with van der Waals surface area (Å²) in [6.45, 7) is 0.450. The summed E-state index contributed by atoms with van der Waals surface area (Å²) < 4.78 is 27.6. The first-order chi connectivity index (χ1) is 9.49. The molecule has 20 heavy (non-hydrogen) atoms. The Balaban J connectivity index is 2.11. The molecular formula is C13H15N3O3S. The van der Waals surface area contributed by atoms with Crippen molar-refractivity contribution in [2.45, 2.75) is 11.4 Å². The van der Waals surface area contributed by atoms with Gasteiger partial charge < -0.3 is 10.1 Å². The Morgan fingerprint density at radius 1 is 1.25 bits per heavy atom. The lowest BCUT2D eigenvalue weighted by atomic mass is 10.3. The van der Waals surface area contributed by atoms with E-state index in [4.69, 9.17) is 9.88 Å². The first kappa shape index (κ1) is 14.3. The van der Waals surface area contributed by atoms with Crippen LogP contribution in [0.4, 0.5) is 5.69 Å². The van der Waals surface area contributed by atoms with Crippen molar-refractivity contribution in [3.8, 4) is 5.88 Å². The van der Waals surface area contributed by atoms with E-state index in [1.165, 1.54) is 12.1 Å². The first-order valence-electron chi connectivity index (χ1n) is 5.86. The quantitative estimate of drug-likeness (QED) is 0.867. The molecule has 7 heteroatoms. The number of nitrogens with one attached hydrogen (secondary N) is 1. The van der Waals surface area contributed by atoms with Gasteiger partial charge in [-0.15, -0.1) is 0 Å². The van der Waals surface area contributed by atoms with Gasteiger partial charge in [-0.1, -0.05) is 12.1 Å². The van der Waals surface area contributed by atoms with Crippen LogP contribution in [0.15, 0.2) is 47.4 Å². The number of primary sulfonamides is 1. The van der Waals surface area contributed by atoms with Crippen LogP contribution >= 0.6 is 0 Å². The zero-order valence-corrected chi connectivity index (χ0v) is 11.7. The average molecular weight is 293 g/mol. The molecular weight excluding hydrogens is 278 g/mol. The number of ether oxygens (including phenoxy) is 1. The van der Waals surface area contributed by atoms with Crippen molar-refractivity contribution in [2.75, 3.05) is 12.4 Å². The van der Waals surface area contributed by atoms with Crippen LogP contribution in [0.2, 0.25) is 0 Å². The van der Waals surface area contributed by atoms with Crippen LogP contribution < -0.4 is 15.2 Å². The number of pyridine rings is 1. The number of benzene rings is 1. The molecule has 2 rings (SSSR count). The van der Waals surface area contributed by atoms with Gasteiger partial charge in [0.2, 0.25) is 15.9 Å². The predicted molar refractivity (Wildman–Crippen MR) is 75.9 cm³/mol. The lowest BCUT2D eigenvalue weighted by Crippen LogP contribution is -2.12. The molecule has 0 radical (unpaired) electrons. The Labute approximate surface area is 117 Å². The van der Waals surface area contributed by atoms with Crippen LogP contribution in [0, 0.1) is 0 Å². The summed E-state index contributed by atoms with van der Waals surface area (Å²) in [6.07, 6.45) is 0. The Morgan fingerprint density at radius 2 is 2.00 bits per heavy atom. The van der Waals surface area contributed by atoms with Crippen molar-refractivity contribution in [3.63, 3.8) is 0 Å². The van der Waals surface area contributed by atoms with Crippen LogP contribution in [-0.4, -0.2) is 20.5 Å². The minimum Gasteiger partial charge on any atom is -0.481 e. The predicted octanol–water partition coefficient (Wildman–Crippen LogP) is 1.35. The second-order valence-corrected chi connectivity index (χ2v) is 5.66. The highest BCUT2D eigenvalue weighted by molar-refractivity contribution is 7.89. The van der Waals surface area contributed by atoms with Crippen molar-refractivity contribution in [2.24, 2.45) is 5.14 Å². The Kier molecular flexibility index (Phi) is 4.21. The van der Waals surface area contributed by atoms with E-state index >= 15 is 0 Å². The van der Waals surface area contributed by atoms with Crippen LogP contribution in [0.3, 0.4) is 0 Å². The highest BCUT2D eigenvalue weighted by atomic mass is 32.2. The van der Waals surface area contributed by atoms with Gasteiger partial charge in [-0.05, 0) is 24.3 Å². The number of sulfonamides is 1. The van der Waals surface area contributed by atoms with Crippen LogP contribution in [-0.2, 0) is 16.6 Å². The average Bonchev–Trinajstić information content (AvgIpc) is 2.45. The summed E-state index contributed by atoms with van der Waals surface area (Å²) in [5.41, 5.74) is 1.44. The molecule has 1 aromatic carbocycles. The van der Waals surface area contributed by atoms with Gasteiger partial charge in [0.25, 0.3) is 0 Å². The minimum absolute atomic E-state index is 0.0705. The van der Waals surface area contributed by atoms with Crippen molar-refractivity contribution in [3.05, 3.63) is 48.2 Å². The lowest BCUT2D eigenvalue weighted by molar-refractivity contribution is 0.396. The molecule has 0 aliphatic carbocycles. The molecule has 1 aromatic heterocycles. The molecule has 0 atom stereocenters. The van der Waals surface area contributed by atoms with Gasteiger partial charge in [0.15, 0.2) is 0 Å². The number of hydrogen-bond donors (Lipinski definition) is 2. The zero-order chi connectivity index (χ0) is 14.6. The number of anilines is 1. The molecule has 2 aromatic rings. The Morgan fingerprint density at radius 3 is 2.70 bits per heavy atom. The summed E-state index contributed by atoms with van der Waals surface area (Å²) in [5, 5.41) is 8.17. The standard InChI is InChI=1S/C13H15N3O3S/c1-19-13-7-3-5-11(16-13)9-15-10-4-2-6-12(8-10)20(14,17)18/h2-8,15H,9H2,1H3,(H2,14,17,18). The number of hydrogen-bond acceptors (Lipinski definition) is 5. The molecule has 0 bridgehead atoms. The molecule has 0 aliphatic heterocycles. The molecule has 106 valence electrons. The van der Waals surface area contributed by atoms with Gasteiger partial charge in [0.05, 0.1) is 24.2 Å². The summed E-state index contributed by atoms with van der Waals surface area (Å²) >= 11 is 0. The second-order valence-electron chi connectivity index (χ2n) is 4.10. The highest BCUT2D eigenvalue weighted by Gasteiger charge is 2.07. The molecule has 0 spiro atoms. The van der Waals surface area contributed by atoms with E-state index < -0.39 is 10.0 Å². The van der Waals surface area contributed by atoms with Crippen molar-refractivity contribution in [1.82, 2.24) is 4.98 Å². The summed E-state index contributed by atoms with van der Waals surface area (Å²) in [5.74, 6) is 0.530. The van der Waals surface area contributed by atoms with Crippen molar-refractivity contribution < 1.29 is 13.2 Å². The first-order valence-corrected chi connectivity index (χ1v) is 7.40. The van der Waals surface area contributed by atoms with Gasteiger partial charge in [-0.3, -0.25) is 0 Å². The summed E-state index contributed by atoms with van der Waals surface area (Å²) in [4.78, 5) is 4.32. The number of nitrogens with zero attached hydrogens (tertiary/aromatic N) is 1. The van der Waals surface area contributed by atoms with Crippen LogP contribution in [0.25, 0.3) is 0 Å². The van der Waals surface area contributed by atoms with E-state index in [0.29, 0.717) is 18.1 Å². The summed E-state index contributed by atoms with van der Waals surface area (Å²) in [7, 11) is -2.14. The van der Waals surface area contributed by atoms with E-state index in [1.807, 2.05) is 12.1 Å². The van der Waals surface area contributed by atoms with E-state index in [2.05, 4.69) is 10.3 Å². The fourth-order valence-corrected chi connectivity index (χ4v) is 2.20. The fraction of sp³-hybridized carbons (Fsp3) is 0.154. The van der Waals surface area contributed by atoms with Gasteiger partial charge in [0, 0.05) is 11.8 Å². The van der Waals surface area contributed by atoms with Crippen molar-refractivity contribution >= 4 is 15.7 Å². The molecule has 1 heterocycles. The van der Waals surface area contributed by atoms with E-state index in [0.717, 1.165) is 5.69 Å². The third-order valence-corrected chi connectivity index (χ3v) is 3.54. The minimum atomic E-state index is -3.69. The van der Waals surface area contributed by atoms with E-state index in [9.17, 15) is 8.42 Å². The van der Waals surface area contributed by atoms with Crippen molar-refractivity contribution in [1.29, 1.82) is 0 Å². The van der Waals surface area contributed by atoms with Gasteiger partial charge >= 0.3 is 0 Å². The maximum absolute atomic E-state index is 11.3. The molecule has 6 nitrogen and oxygen atoms in total. The number of rotatable bonds is 5. The van der Waals surface area contributed by atoms with E-state index in [1.54, 1.807) is 25.3 Å². The molecule has 0 saturated carbocycles.